The Morgan fingerprint density at radius 1 is 1.57 bits per heavy atom. The highest BCUT2D eigenvalue weighted by atomic mass is 19.4. The lowest BCUT2D eigenvalue weighted by molar-refractivity contribution is -0.172. The van der Waals surface area contributed by atoms with Crippen molar-refractivity contribution < 1.29 is 17.7 Å². The first-order chi connectivity index (χ1) is 6.54. The topological polar surface area (TPSA) is 38.1 Å². The summed E-state index contributed by atoms with van der Waals surface area (Å²) in [7, 11) is 1.49. The van der Waals surface area contributed by atoms with E-state index in [1.54, 1.807) is 0 Å². The van der Waals surface area contributed by atoms with Crippen LogP contribution < -0.4 is 5.32 Å². The Bertz CT molecular complexity index is 258. The van der Waals surface area contributed by atoms with Gasteiger partial charge in [-0.3, -0.25) is 0 Å². The largest absolute Gasteiger partial charge is 0.393 e. The lowest BCUT2D eigenvalue weighted by Gasteiger charge is -2.18. The molecule has 1 unspecified atom stereocenters. The number of alkyl halides is 3. The maximum absolute atomic E-state index is 12.4. The van der Waals surface area contributed by atoms with E-state index >= 15 is 0 Å². The molecule has 1 aromatic rings. The summed E-state index contributed by atoms with van der Waals surface area (Å²) in [6.07, 6.45) is -3.09. The maximum Gasteiger partial charge on any atom is 0.393 e. The summed E-state index contributed by atoms with van der Waals surface area (Å²) in [4.78, 5) is 0. The van der Waals surface area contributed by atoms with E-state index in [0.717, 1.165) is 0 Å². The third-order valence-corrected chi connectivity index (χ3v) is 1.86. The van der Waals surface area contributed by atoms with Crippen molar-refractivity contribution in [1.29, 1.82) is 0 Å². The highest BCUT2D eigenvalue weighted by molar-refractivity contribution is 4.98. The monoisotopic (exact) mass is 208 g/mol. The predicted molar refractivity (Wildman–Crippen MR) is 43.7 cm³/mol. The van der Waals surface area contributed by atoms with Crippen LogP contribution in [0.15, 0.2) is 16.9 Å². The first-order valence-electron chi connectivity index (χ1n) is 4.14. The Labute approximate surface area is 79.3 Å². The standard InChI is InChI=1S/C8H11F3N2O/c1-12-5-6(8(9,10)11)4-7-2-3-14-13-7/h2-3,6,12H,4-5H2,1H3. The number of halogens is 3. The molecule has 0 aliphatic carbocycles. The molecule has 1 rings (SSSR count). The molecule has 0 saturated heterocycles. The molecule has 3 nitrogen and oxygen atoms in total. The second-order valence-corrected chi connectivity index (χ2v) is 2.99. The van der Waals surface area contributed by atoms with Crippen LogP contribution in [-0.4, -0.2) is 24.9 Å². The van der Waals surface area contributed by atoms with Crippen molar-refractivity contribution in [3.8, 4) is 0 Å². The maximum atomic E-state index is 12.4. The third kappa shape index (κ3) is 3.02. The first kappa shape index (κ1) is 11.0. The third-order valence-electron chi connectivity index (χ3n) is 1.86. The second kappa shape index (κ2) is 4.45. The zero-order valence-electron chi connectivity index (χ0n) is 7.64. The van der Waals surface area contributed by atoms with Crippen LogP contribution in [0.5, 0.6) is 0 Å². The SMILES string of the molecule is CNCC(Cc1ccon1)C(F)(F)F. The highest BCUT2D eigenvalue weighted by Gasteiger charge is 2.39. The van der Waals surface area contributed by atoms with Crippen molar-refractivity contribution in [2.45, 2.75) is 12.6 Å². The van der Waals surface area contributed by atoms with E-state index in [2.05, 4.69) is 15.0 Å². The average molecular weight is 208 g/mol. The van der Waals surface area contributed by atoms with Crippen molar-refractivity contribution in [3.63, 3.8) is 0 Å². The van der Waals surface area contributed by atoms with Crippen LogP contribution in [0.25, 0.3) is 0 Å². The van der Waals surface area contributed by atoms with Crippen molar-refractivity contribution in [2.75, 3.05) is 13.6 Å². The molecule has 0 aliphatic heterocycles. The summed E-state index contributed by atoms with van der Waals surface area (Å²) >= 11 is 0. The van der Waals surface area contributed by atoms with Gasteiger partial charge in [0, 0.05) is 19.0 Å². The average Bonchev–Trinajstić information content (AvgIpc) is 2.54. The van der Waals surface area contributed by atoms with E-state index in [0.29, 0.717) is 5.69 Å². The molecule has 0 saturated carbocycles. The number of aromatic nitrogens is 1. The zero-order chi connectivity index (χ0) is 10.6. The van der Waals surface area contributed by atoms with E-state index in [1.165, 1.54) is 19.4 Å². The van der Waals surface area contributed by atoms with Gasteiger partial charge >= 0.3 is 6.18 Å². The number of hydrogen-bond donors (Lipinski definition) is 1. The Hall–Kier alpha value is -1.04. The smallest absolute Gasteiger partial charge is 0.365 e. The van der Waals surface area contributed by atoms with Crippen LogP contribution in [0.4, 0.5) is 13.2 Å². The molecular weight excluding hydrogens is 197 g/mol. The van der Waals surface area contributed by atoms with Gasteiger partial charge in [0.15, 0.2) is 0 Å². The summed E-state index contributed by atoms with van der Waals surface area (Å²) in [5, 5.41) is 5.96. The second-order valence-electron chi connectivity index (χ2n) is 2.99. The van der Waals surface area contributed by atoms with Gasteiger partial charge in [-0.05, 0) is 7.05 Å². The minimum atomic E-state index is -4.21. The molecular formula is C8H11F3N2O. The first-order valence-corrected chi connectivity index (χ1v) is 4.14. The molecule has 6 heteroatoms. The van der Waals surface area contributed by atoms with Gasteiger partial charge in [-0.15, -0.1) is 0 Å². The summed E-state index contributed by atoms with van der Waals surface area (Å²) in [6.45, 7) is -0.115. The van der Waals surface area contributed by atoms with E-state index in [4.69, 9.17) is 0 Å². The van der Waals surface area contributed by atoms with E-state index in [1.807, 2.05) is 0 Å². The number of nitrogens with zero attached hydrogens (tertiary/aromatic N) is 1. The number of nitrogens with one attached hydrogen (secondary N) is 1. The van der Waals surface area contributed by atoms with Crippen LogP contribution >= 0.6 is 0 Å². The van der Waals surface area contributed by atoms with Gasteiger partial charge in [0.1, 0.15) is 6.26 Å². The minimum Gasteiger partial charge on any atom is -0.365 e. The molecule has 0 bridgehead atoms. The number of rotatable bonds is 4. The van der Waals surface area contributed by atoms with E-state index < -0.39 is 12.1 Å². The normalized spacial score (nSPS) is 14.3. The molecule has 14 heavy (non-hydrogen) atoms. The molecule has 1 N–H and O–H groups in total. The molecule has 0 fully saturated rings. The van der Waals surface area contributed by atoms with E-state index in [-0.39, 0.29) is 13.0 Å². The van der Waals surface area contributed by atoms with Crippen molar-refractivity contribution in [2.24, 2.45) is 5.92 Å². The van der Waals surface area contributed by atoms with Crippen molar-refractivity contribution >= 4 is 0 Å². The summed E-state index contributed by atoms with van der Waals surface area (Å²) in [5.41, 5.74) is 0.322. The lowest BCUT2D eigenvalue weighted by Crippen LogP contribution is -2.33. The minimum absolute atomic E-state index is 0.115. The molecule has 0 radical (unpaired) electrons. The highest BCUT2D eigenvalue weighted by Crippen LogP contribution is 2.28. The molecule has 1 atom stereocenters. The molecule has 0 spiro atoms. The van der Waals surface area contributed by atoms with Crippen LogP contribution in [0.3, 0.4) is 0 Å². The fourth-order valence-corrected chi connectivity index (χ4v) is 1.15. The molecule has 0 aromatic carbocycles. The lowest BCUT2D eigenvalue weighted by atomic mass is 10.0. The van der Waals surface area contributed by atoms with Gasteiger partial charge in [0.25, 0.3) is 0 Å². The fraction of sp³-hybridized carbons (Fsp3) is 0.625. The van der Waals surface area contributed by atoms with Gasteiger partial charge in [0.2, 0.25) is 0 Å². The van der Waals surface area contributed by atoms with Gasteiger partial charge < -0.3 is 9.84 Å². The van der Waals surface area contributed by atoms with Gasteiger partial charge in [0.05, 0.1) is 11.6 Å². The summed E-state index contributed by atoms with van der Waals surface area (Å²) in [6, 6.07) is 1.44. The molecule has 1 aromatic heterocycles. The quantitative estimate of drug-likeness (QED) is 0.816. The molecule has 0 amide bonds. The Balaban J connectivity index is 2.60. The van der Waals surface area contributed by atoms with Crippen molar-refractivity contribution in [1.82, 2.24) is 10.5 Å². The predicted octanol–water partition coefficient (Wildman–Crippen LogP) is 1.61. The van der Waals surface area contributed by atoms with Gasteiger partial charge in [-0.2, -0.15) is 13.2 Å². The summed E-state index contributed by atoms with van der Waals surface area (Å²) in [5.74, 6) is -1.42. The van der Waals surface area contributed by atoms with E-state index in [9.17, 15) is 13.2 Å². The Morgan fingerprint density at radius 2 is 2.29 bits per heavy atom. The van der Waals surface area contributed by atoms with Crippen molar-refractivity contribution in [3.05, 3.63) is 18.0 Å². The van der Waals surface area contributed by atoms with Crippen LogP contribution in [0.1, 0.15) is 5.69 Å². The fourth-order valence-electron chi connectivity index (χ4n) is 1.15. The Kier molecular flexibility index (Phi) is 3.51. The zero-order valence-corrected chi connectivity index (χ0v) is 7.64. The number of hydrogen-bond acceptors (Lipinski definition) is 3. The van der Waals surface area contributed by atoms with Crippen LogP contribution in [0.2, 0.25) is 0 Å². The van der Waals surface area contributed by atoms with Crippen LogP contribution in [0, 0.1) is 5.92 Å². The summed E-state index contributed by atoms with van der Waals surface area (Å²) < 4.78 is 41.7. The molecule has 80 valence electrons. The molecule has 1 heterocycles. The van der Waals surface area contributed by atoms with Gasteiger partial charge in [-0.25, -0.2) is 0 Å². The molecule has 0 aliphatic rings. The Morgan fingerprint density at radius 3 is 2.71 bits per heavy atom. The van der Waals surface area contributed by atoms with Gasteiger partial charge in [-0.1, -0.05) is 5.16 Å². The van der Waals surface area contributed by atoms with Crippen LogP contribution in [-0.2, 0) is 6.42 Å².